The lowest BCUT2D eigenvalue weighted by atomic mass is 9.74. The molecule has 0 radical (unpaired) electrons. The van der Waals surface area contributed by atoms with E-state index in [4.69, 9.17) is 0 Å². The van der Waals surface area contributed by atoms with E-state index in [1.165, 1.54) is 0 Å². The van der Waals surface area contributed by atoms with E-state index in [2.05, 4.69) is 10.3 Å². The van der Waals surface area contributed by atoms with Crippen LogP contribution in [0.3, 0.4) is 0 Å². The number of amides is 1. The Kier molecular flexibility index (Phi) is 4.51. The van der Waals surface area contributed by atoms with E-state index in [-0.39, 0.29) is 12.5 Å². The molecule has 1 aliphatic rings. The van der Waals surface area contributed by atoms with Gasteiger partial charge in [-0.2, -0.15) is 0 Å². The number of carboxylic acid groups (broad SMARTS) is 1. The van der Waals surface area contributed by atoms with Crippen LogP contribution in [-0.2, 0) is 4.79 Å². The maximum Gasteiger partial charge on any atom is 0.311 e. The van der Waals surface area contributed by atoms with Gasteiger partial charge in [0.05, 0.1) is 16.5 Å². The molecule has 1 aromatic carbocycles. The fourth-order valence-electron chi connectivity index (χ4n) is 3.54. The predicted molar refractivity (Wildman–Crippen MR) is 92.0 cm³/mol. The zero-order valence-electron chi connectivity index (χ0n) is 13.8. The predicted octanol–water partition coefficient (Wildman–Crippen LogP) is 3.31. The molecule has 1 amide bonds. The molecule has 0 spiro atoms. The number of nitrogens with zero attached hydrogens (tertiary/aromatic N) is 1. The first-order valence-electron chi connectivity index (χ1n) is 8.40. The molecule has 0 atom stereocenters. The molecule has 0 bridgehead atoms. The molecular weight excluding hydrogens is 304 g/mol. The number of rotatable bonds is 4. The van der Waals surface area contributed by atoms with E-state index >= 15 is 0 Å². The fraction of sp³-hybridized carbons (Fsp3) is 0.421. The van der Waals surface area contributed by atoms with E-state index in [1.54, 1.807) is 6.07 Å². The normalized spacial score (nSPS) is 16.7. The number of hydrogen-bond donors (Lipinski definition) is 2. The molecule has 0 aliphatic heterocycles. The summed E-state index contributed by atoms with van der Waals surface area (Å²) in [6.45, 7) is 2.03. The number of benzene rings is 1. The number of carbonyl (C=O) groups excluding carboxylic acids is 1. The molecule has 2 aromatic rings. The number of hydrogen-bond acceptors (Lipinski definition) is 3. The van der Waals surface area contributed by atoms with E-state index in [9.17, 15) is 14.7 Å². The summed E-state index contributed by atoms with van der Waals surface area (Å²) >= 11 is 0. The van der Waals surface area contributed by atoms with Crippen LogP contribution in [0.5, 0.6) is 0 Å². The Labute approximate surface area is 141 Å². The van der Waals surface area contributed by atoms with E-state index in [0.717, 1.165) is 35.9 Å². The molecule has 1 fully saturated rings. The van der Waals surface area contributed by atoms with Gasteiger partial charge in [-0.05, 0) is 31.9 Å². The third kappa shape index (κ3) is 3.11. The number of aliphatic carboxylic acids is 1. The lowest BCUT2D eigenvalue weighted by Crippen LogP contribution is -2.44. The zero-order valence-corrected chi connectivity index (χ0v) is 13.8. The molecule has 2 N–H and O–H groups in total. The van der Waals surface area contributed by atoms with Crippen molar-refractivity contribution < 1.29 is 14.7 Å². The van der Waals surface area contributed by atoms with Gasteiger partial charge in [-0.3, -0.25) is 14.6 Å². The molecule has 1 aliphatic carbocycles. The quantitative estimate of drug-likeness (QED) is 0.903. The van der Waals surface area contributed by atoms with Crippen molar-refractivity contribution in [2.45, 2.75) is 39.0 Å². The number of carbonyl (C=O) groups is 2. The molecule has 1 aromatic heterocycles. The average molecular weight is 326 g/mol. The number of pyridine rings is 1. The Balaban J connectivity index is 1.84. The molecule has 126 valence electrons. The number of carboxylic acids is 1. The molecule has 1 saturated carbocycles. The number of fused-ring (bicyclic) bond motifs is 1. The minimum atomic E-state index is -0.828. The van der Waals surface area contributed by atoms with Gasteiger partial charge in [0.15, 0.2) is 0 Å². The summed E-state index contributed by atoms with van der Waals surface area (Å²) in [5.74, 6) is -1.04. The summed E-state index contributed by atoms with van der Waals surface area (Å²) in [5, 5.41) is 13.3. The highest BCUT2D eigenvalue weighted by Crippen LogP contribution is 2.36. The summed E-state index contributed by atoms with van der Waals surface area (Å²) in [6, 6.07) is 9.25. The van der Waals surface area contributed by atoms with E-state index in [0.29, 0.717) is 18.4 Å². The van der Waals surface area contributed by atoms with Crippen molar-refractivity contribution in [3.8, 4) is 0 Å². The number of aryl methyl sites for hydroxylation is 1. The number of para-hydroxylation sites is 1. The van der Waals surface area contributed by atoms with Gasteiger partial charge in [0.1, 0.15) is 0 Å². The molecule has 5 heteroatoms. The molecular formula is C19H22N2O3. The molecule has 0 unspecified atom stereocenters. The standard InChI is InChI=1S/C19H22N2O3/c1-13-11-15(14-7-3-4-8-16(14)21-13)17(22)20-12-19(18(23)24)9-5-2-6-10-19/h3-4,7-8,11H,2,5-6,9-10,12H2,1H3,(H,20,22)(H,23,24). The molecule has 24 heavy (non-hydrogen) atoms. The SMILES string of the molecule is Cc1cc(C(=O)NCC2(C(=O)O)CCCCC2)c2ccccc2n1. The third-order valence-electron chi connectivity index (χ3n) is 4.94. The van der Waals surface area contributed by atoms with Gasteiger partial charge in [-0.25, -0.2) is 0 Å². The zero-order chi connectivity index (χ0) is 17.2. The maximum atomic E-state index is 12.7. The highest BCUT2D eigenvalue weighted by Gasteiger charge is 2.39. The van der Waals surface area contributed by atoms with Gasteiger partial charge in [-0.15, -0.1) is 0 Å². The third-order valence-corrected chi connectivity index (χ3v) is 4.94. The van der Waals surface area contributed by atoms with Crippen molar-refractivity contribution in [3.05, 3.63) is 41.6 Å². The van der Waals surface area contributed by atoms with Crippen LogP contribution in [0.2, 0.25) is 0 Å². The minimum Gasteiger partial charge on any atom is -0.481 e. The summed E-state index contributed by atoms with van der Waals surface area (Å²) in [4.78, 5) is 28.9. The minimum absolute atomic E-state index is 0.177. The highest BCUT2D eigenvalue weighted by molar-refractivity contribution is 6.06. The topological polar surface area (TPSA) is 79.3 Å². The lowest BCUT2D eigenvalue weighted by Gasteiger charge is -2.33. The van der Waals surface area contributed by atoms with Gasteiger partial charge < -0.3 is 10.4 Å². The Morgan fingerprint density at radius 1 is 1.21 bits per heavy atom. The highest BCUT2D eigenvalue weighted by atomic mass is 16.4. The number of nitrogens with one attached hydrogen (secondary N) is 1. The monoisotopic (exact) mass is 326 g/mol. The number of aromatic nitrogens is 1. The van der Waals surface area contributed by atoms with Crippen LogP contribution in [0.15, 0.2) is 30.3 Å². The molecule has 3 rings (SSSR count). The Hall–Kier alpha value is -2.43. The second-order valence-corrected chi connectivity index (χ2v) is 6.66. The molecule has 1 heterocycles. The van der Waals surface area contributed by atoms with E-state index in [1.807, 2.05) is 31.2 Å². The Bertz CT molecular complexity index is 779. The van der Waals surface area contributed by atoms with Gasteiger partial charge in [-0.1, -0.05) is 37.5 Å². The van der Waals surface area contributed by atoms with Crippen molar-refractivity contribution >= 4 is 22.8 Å². The maximum absolute atomic E-state index is 12.7. The van der Waals surface area contributed by atoms with Crippen molar-refractivity contribution in [2.75, 3.05) is 6.54 Å². The second-order valence-electron chi connectivity index (χ2n) is 6.66. The first-order chi connectivity index (χ1) is 11.5. The lowest BCUT2D eigenvalue weighted by molar-refractivity contribution is -0.150. The summed E-state index contributed by atoms with van der Waals surface area (Å²) in [5.41, 5.74) is 1.26. The van der Waals surface area contributed by atoms with Gasteiger partial charge >= 0.3 is 5.97 Å². The van der Waals surface area contributed by atoms with Crippen molar-refractivity contribution in [1.29, 1.82) is 0 Å². The van der Waals surface area contributed by atoms with Crippen molar-refractivity contribution in [1.82, 2.24) is 10.3 Å². The fourth-order valence-corrected chi connectivity index (χ4v) is 3.54. The van der Waals surface area contributed by atoms with Gasteiger partial charge in [0.2, 0.25) is 0 Å². The Morgan fingerprint density at radius 2 is 1.92 bits per heavy atom. The van der Waals surface area contributed by atoms with Gasteiger partial charge in [0, 0.05) is 17.6 Å². The summed E-state index contributed by atoms with van der Waals surface area (Å²) in [6.07, 6.45) is 4.12. The molecule has 5 nitrogen and oxygen atoms in total. The second kappa shape index (κ2) is 6.59. The van der Waals surface area contributed by atoms with Gasteiger partial charge in [0.25, 0.3) is 5.91 Å². The molecule has 0 saturated heterocycles. The first-order valence-corrected chi connectivity index (χ1v) is 8.40. The van der Waals surface area contributed by atoms with Crippen molar-refractivity contribution in [3.63, 3.8) is 0 Å². The summed E-state index contributed by atoms with van der Waals surface area (Å²) in [7, 11) is 0. The Morgan fingerprint density at radius 3 is 2.62 bits per heavy atom. The van der Waals surface area contributed by atoms with Crippen LogP contribution in [0.4, 0.5) is 0 Å². The van der Waals surface area contributed by atoms with Crippen LogP contribution in [0.1, 0.15) is 48.2 Å². The van der Waals surface area contributed by atoms with Crippen LogP contribution in [0.25, 0.3) is 10.9 Å². The van der Waals surface area contributed by atoms with Crippen LogP contribution < -0.4 is 5.32 Å². The largest absolute Gasteiger partial charge is 0.481 e. The first kappa shape index (κ1) is 16.4. The average Bonchev–Trinajstić information content (AvgIpc) is 2.59. The smallest absolute Gasteiger partial charge is 0.311 e. The van der Waals surface area contributed by atoms with Crippen LogP contribution in [-0.4, -0.2) is 28.5 Å². The van der Waals surface area contributed by atoms with Crippen molar-refractivity contribution in [2.24, 2.45) is 5.41 Å². The summed E-state index contributed by atoms with van der Waals surface area (Å²) < 4.78 is 0. The van der Waals surface area contributed by atoms with Crippen LogP contribution in [0, 0.1) is 12.3 Å². The van der Waals surface area contributed by atoms with E-state index < -0.39 is 11.4 Å². The van der Waals surface area contributed by atoms with Crippen LogP contribution >= 0.6 is 0 Å².